The molecule has 0 aromatic rings. The van der Waals surface area contributed by atoms with Gasteiger partial charge in [0.15, 0.2) is 6.10 Å². The van der Waals surface area contributed by atoms with Gasteiger partial charge in [0.1, 0.15) is 11.7 Å². The molecule has 10 heteroatoms. The van der Waals surface area contributed by atoms with Crippen LogP contribution in [0.4, 0.5) is 4.79 Å². The maximum Gasteiger partial charge on any atom is 0.410 e. The fourth-order valence-electron chi connectivity index (χ4n) is 5.78. The molecule has 3 N–H and O–H groups in total. The van der Waals surface area contributed by atoms with E-state index in [1.54, 1.807) is 17.9 Å². The molecule has 2 fully saturated rings. The van der Waals surface area contributed by atoms with Crippen molar-refractivity contribution in [3.05, 3.63) is 36.0 Å². The molecule has 43 heavy (non-hydrogen) atoms. The minimum atomic E-state index is -1.45. The zero-order valence-corrected chi connectivity index (χ0v) is 26.7. The second kappa shape index (κ2) is 16.4. The summed E-state index contributed by atoms with van der Waals surface area (Å²) < 4.78 is 11.7. The summed E-state index contributed by atoms with van der Waals surface area (Å²) in [5, 5.41) is 24.9. The van der Waals surface area contributed by atoms with Crippen LogP contribution in [-0.4, -0.2) is 102 Å². The molecule has 242 valence electrons. The molecule has 0 spiro atoms. The minimum absolute atomic E-state index is 0.124. The first-order chi connectivity index (χ1) is 20.4. The van der Waals surface area contributed by atoms with E-state index in [2.05, 4.69) is 10.2 Å². The second-order valence-corrected chi connectivity index (χ2v) is 13.0. The number of hydrogen-bond donors (Lipinski definition) is 3. The van der Waals surface area contributed by atoms with Gasteiger partial charge < -0.3 is 34.8 Å². The number of ether oxygens (including phenoxy) is 2. The first-order valence-corrected chi connectivity index (χ1v) is 15.9. The summed E-state index contributed by atoms with van der Waals surface area (Å²) in [6.45, 7) is 10.5. The maximum absolute atomic E-state index is 13.0. The zero-order valence-electron chi connectivity index (χ0n) is 26.7. The van der Waals surface area contributed by atoms with Gasteiger partial charge >= 0.3 is 12.1 Å². The second-order valence-electron chi connectivity index (χ2n) is 13.0. The molecule has 2 amide bonds. The standard InChI is InChI=1S/C33H53N3O7/c1-23(22-34-31(39)26-11-6-7-12-26)9-8-10-24(2)30-25(3)13-14-28(42-32(40)36-19-17-35(5)18-20-36)33(4,41)16-15-27(37)21-29(38)43-30/h8-10,13-14,23,25-28,30,37,41H,6-7,11-12,15-22H2,1-5H3,(H,34,39)/b9-8+,14-13-,24-10+/t23-,25+,27+,28+,30-,33+/m1/s1. The zero-order chi connectivity index (χ0) is 31.6. The van der Waals surface area contributed by atoms with Crippen LogP contribution in [0.1, 0.15) is 72.6 Å². The highest BCUT2D eigenvalue weighted by Gasteiger charge is 2.36. The van der Waals surface area contributed by atoms with Crippen LogP contribution in [0.2, 0.25) is 0 Å². The molecule has 2 aliphatic heterocycles. The molecule has 1 aliphatic carbocycles. The van der Waals surface area contributed by atoms with Gasteiger partial charge in [-0.15, -0.1) is 0 Å². The van der Waals surface area contributed by atoms with E-state index < -0.39 is 36.0 Å². The van der Waals surface area contributed by atoms with Gasteiger partial charge in [-0.1, -0.05) is 51.0 Å². The van der Waals surface area contributed by atoms with Crippen LogP contribution in [0.5, 0.6) is 0 Å². The first-order valence-electron chi connectivity index (χ1n) is 15.9. The van der Waals surface area contributed by atoms with E-state index >= 15 is 0 Å². The van der Waals surface area contributed by atoms with Gasteiger partial charge in [-0.05, 0) is 64.1 Å². The Morgan fingerprint density at radius 2 is 1.86 bits per heavy atom. The number of piperazine rings is 1. The molecule has 2 heterocycles. The highest BCUT2D eigenvalue weighted by atomic mass is 16.6. The first kappa shape index (κ1) is 34.8. The van der Waals surface area contributed by atoms with E-state index in [0.717, 1.165) is 44.3 Å². The lowest BCUT2D eigenvalue weighted by atomic mass is 9.89. The highest BCUT2D eigenvalue weighted by Crippen LogP contribution is 2.28. The lowest BCUT2D eigenvalue weighted by Crippen LogP contribution is -2.50. The highest BCUT2D eigenvalue weighted by molar-refractivity contribution is 5.78. The molecule has 10 nitrogen and oxygen atoms in total. The number of nitrogens with zero attached hydrogens (tertiary/aromatic N) is 2. The van der Waals surface area contributed by atoms with Gasteiger partial charge in [-0.3, -0.25) is 9.59 Å². The SMILES string of the molecule is C/C(=C\C=C\[C@@H](C)CNC(=O)C1CCCC1)[C@H]1OC(=O)C[C@@H](O)CC[C@](C)(O)[C@@H](OC(=O)N2CCN(C)CC2)/C=C\[C@@H]1C. The quantitative estimate of drug-likeness (QED) is 0.229. The van der Waals surface area contributed by atoms with E-state index in [9.17, 15) is 24.6 Å². The fourth-order valence-corrected chi connectivity index (χ4v) is 5.78. The molecule has 0 aromatic heterocycles. The summed E-state index contributed by atoms with van der Waals surface area (Å²) in [5.74, 6) is -0.428. The van der Waals surface area contributed by atoms with Gasteiger partial charge in [0.2, 0.25) is 5.91 Å². The number of aliphatic hydroxyl groups excluding tert-OH is 1. The number of hydrogen-bond acceptors (Lipinski definition) is 8. The smallest absolute Gasteiger partial charge is 0.410 e. The predicted octanol–water partition coefficient (Wildman–Crippen LogP) is 3.58. The van der Waals surface area contributed by atoms with Crippen molar-refractivity contribution in [1.29, 1.82) is 0 Å². The van der Waals surface area contributed by atoms with Crippen molar-refractivity contribution in [1.82, 2.24) is 15.1 Å². The lowest BCUT2D eigenvalue weighted by molar-refractivity contribution is -0.151. The van der Waals surface area contributed by atoms with Crippen molar-refractivity contribution in [2.75, 3.05) is 39.8 Å². The summed E-state index contributed by atoms with van der Waals surface area (Å²) in [7, 11) is 2.00. The van der Waals surface area contributed by atoms with Crippen molar-refractivity contribution in [3.8, 4) is 0 Å². The molecule has 0 aromatic carbocycles. The Hall–Kier alpha value is -2.69. The summed E-state index contributed by atoms with van der Waals surface area (Å²) in [4.78, 5) is 41.9. The van der Waals surface area contributed by atoms with Crippen LogP contribution in [0.25, 0.3) is 0 Å². The molecule has 6 atom stereocenters. The molecule has 1 saturated heterocycles. The van der Waals surface area contributed by atoms with Gasteiger partial charge in [-0.2, -0.15) is 0 Å². The van der Waals surface area contributed by atoms with Crippen LogP contribution in [0, 0.1) is 17.8 Å². The Morgan fingerprint density at radius 3 is 2.53 bits per heavy atom. The van der Waals surface area contributed by atoms with Crippen LogP contribution in [-0.2, 0) is 19.1 Å². The topological polar surface area (TPSA) is 129 Å². The number of aliphatic hydroxyl groups is 2. The number of nitrogens with one attached hydrogen (secondary N) is 1. The van der Waals surface area contributed by atoms with E-state index in [-0.39, 0.29) is 42.9 Å². The Kier molecular flexibility index (Phi) is 13.3. The van der Waals surface area contributed by atoms with E-state index in [4.69, 9.17) is 9.47 Å². The molecule has 0 radical (unpaired) electrons. The lowest BCUT2D eigenvalue weighted by Gasteiger charge is -2.36. The van der Waals surface area contributed by atoms with Gasteiger partial charge in [0.05, 0.1) is 12.5 Å². The monoisotopic (exact) mass is 603 g/mol. The number of rotatable bonds is 7. The molecular formula is C33H53N3O7. The summed E-state index contributed by atoms with van der Waals surface area (Å²) in [6, 6.07) is 0. The van der Waals surface area contributed by atoms with Crippen LogP contribution in [0.15, 0.2) is 36.0 Å². The number of allylic oxidation sites excluding steroid dienone is 2. The van der Waals surface area contributed by atoms with Crippen LogP contribution in [0.3, 0.4) is 0 Å². The normalized spacial score (nSPS) is 32.0. The third kappa shape index (κ3) is 11.1. The van der Waals surface area contributed by atoms with Crippen molar-refractivity contribution >= 4 is 18.0 Å². The average Bonchev–Trinajstić information content (AvgIpc) is 3.50. The average molecular weight is 604 g/mol. The van der Waals surface area contributed by atoms with Gasteiger partial charge in [0, 0.05) is 44.6 Å². The van der Waals surface area contributed by atoms with Crippen molar-refractivity contribution in [2.24, 2.45) is 17.8 Å². The number of amides is 2. The Labute approximate surface area is 257 Å². The molecular weight excluding hydrogens is 550 g/mol. The largest absolute Gasteiger partial charge is 0.457 e. The predicted molar refractivity (Wildman–Crippen MR) is 165 cm³/mol. The Balaban J connectivity index is 1.71. The number of esters is 1. The van der Waals surface area contributed by atoms with E-state index in [0.29, 0.717) is 19.6 Å². The van der Waals surface area contributed by atoms with Crippen LogP contribution < -0.4 is 5.32 Å². The molecule has 1 saturated carbocycles. The van der Waals surface area contributed by atoms with E-state index in [1.807, 2.05) is 52.1 Å². The number of cyclic esters (lactones) is 1. The minimum Gasteiger partial charge on any atom is -0.457 e. The summed E-state index contributed by atoms with van der Waals surface area (Å²) >= 11 is 0. The van der Waals surface area contributed by atoms with Crippen molar-refractivity contribution < 1.29 is 34.1 Å². The van der Waals surface area contributed by atoms with Crippen molar-refractivity contribution in [3.63, 3.8) is 0 Å². The Bertz CT molecular complexity index is 1030. The fraction of sp³-hybridized carbons (Fsp3) is 0.727. The molecule has 0 unspecified atom stereocenters. The third-order valence-corrected chi connectivity index (χ3v) is 8.89. The maximum atomic E-state index is 13.0. The number of likely N-dealkylation sites (N-methyl/N-ethyl adjacent to an activating group) is 1. The number of carbonyl (C=O) groups excluding carboxylic acids is 3. The Morgan fingerprint density at radius 1 is 1.19 bits per heavy atom. The van der Waals surface area contributed by atoms with E-state index in [1.165, 1.54) is 0 Å². The third-order valence-electron chi connectivity index (χ3n) is 8.89. The molecule has 3 aliphatic rings. The van der Waals surface area contributed by atoms with Crippen LogP contribution >= 0.6 is 0 Å². The molecule has 0 bridgehead atoms. The van der Waals surface area contributed by atoms with Gasteiger partial charge in [-0.25, -0.2) is 4.79 Å². The summed E-state index contributed by atoms with van der Waals surface area (Å²) in [5.41, 5.74) is -0.650. The molecule has 3 rings (SSSR count). The van der Waals surface area contributed by atoms with Gasteiger partial charge in [0.25, 0.3) is 0 Å². The summed E-state index contributed by atoms with van der Waals surface area (Å²) in [6.07, 6.45) is 10.5. The number of carbonyl (C=O) groups is 3. The van der Waals surface area contributed by atoms with Crippen molar-refractivity contribution in [2.45, 2.75) is 96.6 Å².